The molecule has 2 aliphatic rings. The van der Waals surface area contributed by atoms with Crippen molar-refractivity contribution in [1.82, 2.24) is 4.90 Å². The predicted molar refractivity (Wildman–Crippen MR) is 71.9 cm³/mol. The Kier molecular flexibility index (Phi) is 4.24. The van der Waals surface area contributed by atoms with E-state index in [0.29, 0.717) is 11.7 Å². The molecule has 0 spiro atoms. The Labute approximate surface area is 112 Å². The molecule has 2 rings (SSSR count). The highest BCUT2D eigenvalue weighted by Gasteiger charge is 2.43. The molecule has 2 unspecified atom stereocenters. The summed E-state index contributed by atoms with van der Waals surface area (Å²) in [4.78, 5) is 6.13. The number of amidine groups is 1. The predicted octanol–water partition coefficient (Wildman–Crippen LogP) is 0.138. The Balaban J connectivity index is 2.22. The van der Waals surface area contributed by atoms with E-state index < -0.39 is 12.2 Å². The summed E-state index contributed by atoms with van der Waals surface area (Å²) in [5.41, 5.74) is 5.70. The van der Waals surface area contributed by atoms with Crippen LogP contribution in [0.15, 0.2) is 29.2 Å². The molecular formula is C13H21N3O3. The van der Waals surface area contributed by atoms with Crippen LogP contribution in [-0.4, -0.2) is 46.0 Å². The third kappa shape index (κ3) is 2.65. The lowest BCUT2D eigenvalue weighted by Crippen LogP contribution is -2.37. The zero-order valence-electron chi connectivity index (χ0n) is 11.2. The number of rotatable bonds is 3. The van der Waals surface area contributed by atoms with Crippen molar-refractivity contribution in [3.05, 3.63) is 24.2 Å². The molecule has 1 fully saturated rings. The summed E-state index contributed by atoms with van der Waals surface area (Å²) >= 11 is 0. The SMILES string of the molecule is CCC=C1N=C(N)C=CN1[C@@H]1O[C@H](CO)C(O)C1C. The smallest absolute Gasteiger partial charge is 0.140 e. The van der Waals surface area contributed by atoms with Crippen LogP contribution in [0.3, 0.4) is 0 Å². The fraction of sp³-hybridized carbons (Fsp3) is 0.615. The molecule has 0 saturated carbocycles. The standard InChI is InChI=1S/C13H21N3O3/c1-3-4-11-15-10(14)5-6-16(11)13-8(2)12(18)9(7-17)19-13/h4-6,8-9,12-13,17-18H,3,7H2,1-2H3,(H2,14,15)/t8?,9-,12?,13-/m1/s1. The van der Waals surface area contributed by atoms with Gasteiger partial charge in [0.1, 0.15) is 24.0 Å². The fourth-order valence-corrected chi connectivity index (χ4v) is 2.37. The Bertz CT molecular complexity index is 419. The number of hydrogen-bond donors (Lipinski definition) is 3. The number of nitrogens with two attached hydrogens (primary N) is 1. The maximum Gasteiger partial charge on any atom is 0.140 e. The molecule has 19 heavy (non-hydrogen) atoms. The van der Waals surface area contributed by atoms with E-state index in [9.17, 15) is 10.2 Å². The Morgan fingerprint density at radius 3 is 2.89 bits per heavy atom. The highest BCUT2D eigenvalue weighted by atomic mass is 16.5. The normalized spacial score (nSPS) is 36.9. The number of ether oxygens (including phenoxy) is 1. The maximum atomic E-state index is 10.0. The second-order valence-electron chi connectivity index (χ2n) is 4.83. The van der Waals surface area contributed by atoms with Gasteiger partial charge in [0.05, 0.1) is 12.7 Å². The van der Waals surface area contributed by atoms with Crippen LogP contribution in [0.5, 0.6) is 0 Å². The van der Waals surface area contributed by atoms with E-state index in [-0.39, 0.29) is 18.8 Å². The molecule has 6 nitrogen and oxygen atoms in total. The van der Waals surface area contributed by atoms with Gasteiger partial charge in [-0.1, -0.05) is 13.8 Å². The lowest BCUT2D eigenvalue weighted by atomic mass is 10.0. The van der Waals surface area contributed by atoms with E-state index in [2.05, 4.69) is 4.99 Å². The van der Waals surface area contributed by atoms with Crippen molar-refractivity contribution in [2.75, 3.05) is 6.61 Å². The number of nitrogens with zero attached hydrogens (tertiary/aromatic N) is 2. The summed E-state index contributed by atoms with van der Waals surface area (Å²) < 4.78 is 5.71. The summed E-state index contributed by atoms with van der Waals surface area (Å²) in [7, 11) is 0. The Morgan fingerprint density at radius 1 is 1.58 bits per heavy atom. The van der Waals surface area contributed by atoms with Crippen LogP contribution in [-0.2, 0) is 4.74 Å². The zero-order chi connectivity index (χ0) is 14.0. The lowest BCUT2D eigenvalue weighted by Gasteiger charge is -2.31. The molecule has 0 aromatic heterocycles. The van der Waals surface area contributed by atoms with Crippen molar-refractivity contribution in [3.8, 4) is 0 Å². The first-order valence-electron chi connectivity index (χ1n) is 6.53. The molecule has 0 radical (unpaired) electrons. The topological polar surface area (TPSA) is 91.3 Å². The summed E-state index contributed by atoms with van der Waals surface area (Å²) in [5, 5.41) is 19.2. The van der Waals surface area contributed by atoms with E-state index in [1.54, 1.807) is 12.3 Å². The third-order valence-corrected chi connectivity index (χ3v) is 3.44. The van der Waals surface area contributed by atoms with Crippen molar-refractivity contribution in [3.63, 3.8) is 0 Å². The highest BCUT2D eigenvalue weighted by Crippen LogP contribution is 2.32. The van der Waals surface area contributed by atoms with Gasteiger partial charge < -0.3 is 25.6 Å². The highest BCUT2D eigenvalue weighted by molar-refractivity contribution is 5.92. The van der Waals surface area contributed by atoms with E-state index >= 15 is 0 Å². The molecule has 4 atom stereocenters. The first-order valence-corrected chi connectivity index (χ1v) is 6.53. The maximum absolute atomic E-state index is 10.0. The largest absolute Gasteiger partial charge is 0.394 e. The van der Waals surface area contributed by atoms with Gasteiger partial charge in [-0.15, -0.1) is 0 Å². The van der Waals surface area contributed by atoms with Gasteiger partial charge in [0, 0.05) is 12.1 Å². The second kappa shape index (κ2) is 5.73. The Hall–Kier alpha value is -1.37. The van der Waals surface area contributed by atoms with Gasteiger partial charge in [0.25, 0.3) is 0 Å². The summed E-state index contributed by atoms with van der Waals surface area (Å²) in [6.45, 7) is 3.71. The summed E-state index contributed by atoms with van der Waals surface area (Å²) in [6.07, 6.45) is 4.68. The lowest BCUT2D eigenvalue weighted by molar-refractivity contribution is -0.0594. The van der Waals surface area contributed by atoms with Crippen LogP contribution in [0, 0.1) is 5.92 Å². The molecule has 4 N–H and O–H groups in total. The average Bonchev–Trinajstić information content (AvgIpc) is 2.67. The number of hydrogen-bond acceptors (Lipinski definition) is 6. The zero-order valence-corrected chi connectivity index (χ0v) is 11.2. The van der Waals surface area contributed by atoms with Gasteiger partial charge in [0.15, 0.2) is 0 Å². The van der Waals surface area contributed by atoms with Gasteiger partial charge >= 0.3 is 0 Å². The van der Waals surface area contributed by atoms with Gasteiger partial charge in [-0.3, -0.25) is 0 Å². The fourth-order valence-electron chi connectivity index (χ4n) is 2.37. The summed E-state index contributed by atoms with van der Waals surface area (Å²) in [5.74, 6) is 1.03. The van der Waals surface area contributed by atoms with Crippen LogP contribution in [0.2, 0.25) is 0 Å². The van der Waals surface area contributed by atoms with Crippen molar-refractivity contribution in [2.45, 2.75) is 38.7 Å². The van der Waals surface area contributed by atoms with Gasteiger partial charge in [-0.2, -0.15) is 0 Å². The van der Waals surface area contributed by atoms with Gasteiger partial charge in [-0.25, -0.2) is 4.99 Å². The number of aliphatic hydroxyl groups excluding tert-OH is 2. The van der Waals surface area contributed by atoms with Crippen molar-refractivity contribution < 1.29 is 14.9 Å². The minimum atomic E-state index is -0.686. The number of aliphatic imine (C=N–C) groups is 1. The number of aliphatic hydroxyl groups is 2. The number of allylic oxidation sites excluding steroid dienone is 1. The quantitative estimate of drug-likeness (QED) is 0.676. The Morgan fingerprint density at radius 2 is 2.32 bits per heavy atom. The minimum absolute atomic E-state index is 0.128. The molecule has 0 bridgehead atoms. The summed E-state index contributed by atoms with van der Waals surface area (Å²) in [6, 6.07) is 0. The van der Waals surface area contributed by atoms with Crippen LogP contribution in [0.4, 0.5) is 0 Å². The first-order chi connectivity index (χ1) is 9.08. The van der Waals surface area contributed by atoms with Crippen LogP contribution >= 0.6 is 0 Å². The van der Waals surface area contributed by atoms with E-state index in [4.69, 9.17) is 10.5 Å². The van der Waals surface area contributed by atoms with Crippen molar-refractivity contribution in [2.24, 2.45) is 16.6 Å². The second-order valence-corrected chi connectivity index (χ2v) is 4.83. The molecule has 0 aromatic carbocycles. The van der Waals surface area contributed by atoms with Crippen LogP contribution in [0.1, 0.15) is 20.3 Å². The van der Waals surface area contributed by atoms with Gasteiger partial charge in [0.2, 0.25) is 0 Å². The molecule has 0 aliphatic carbocycles. The van der Waals surface area contributed by atoms with Gasteiger partial charge in [-0.05, 0) is 18.6 Å². The first kappa shape index (κ1) is 14.0. The monoisotopic (exact) mass is 267 g/mol. The molecule has 2 heterocycles. The van der Waals surface area contributed by atoms with E-state index in [1.807, 2.05) is 24.8 Å². The van der Waals surface area contributed by atoms with Crippen LogP contribution < -0.4 is 5.73 Å². The molecule has 2 aliphatic heterocycles. The molecular weight excluding hydrogens is 246 g/mol. The van der Waals surface area contributed by atoms with E-state index in [0.717, 1.165) is 6.42 Å². The van der Waals surface area contributed by atoms with Crippen LogP contribution in [0.25, 0.3) is 0 Å². The molecule has 106 valence electrons. The van der Waals surface area contributed by atoms with Crippen molar-refractivity contribution >= 4 is 5.84 Å². The third-order valence-electron chi connectivity index (χ3n) is 3.44. The molecule has 0 aromatic rings. The molecule has 1 saturated heterocycles. The minimum Gasteiger partial charge on any atom is -0.394 e. The average molecular weight is 267 g/mol. The molecule has 0 amide bonds. The van der Waals surface area contributed by atoms with E-state index in [1.165, 1.54) is 0 Å². The van der Waals surface area contributed by atoms with Crippen molar-refractivity contribution in [1.29, 1.82) is 0 Å². The molecule has 6 heteroatoms.